The summed E-state index contributed by atoms with van der Waals surface area (Å²) in [6.07, 6.45) is 1.31. The average Bonchev–Trinajstić information content (AvgIpc) is 3.01. The summed E-state index contributed by atoms with van der Waals surface area (Å²) >= 11 is 0. The number of benzene rings is 1. The van der Waals surface area contributed by atoms with Crippen LogP contribution in [0.1, 0.15) is 18.2 Å². The first-order valence-corrected chi connectivity index (χ1v) is 6.50. The third-order valence-electron chi connectivity index (χ3n) is 3.20. The average molecular weight is 306 g/mol. The van der Waals surface area contributed by atoms with E-state index in [0.29, 0.717) is 5.56 Å². The van der Waals surface area contributed by atoms with Crippen molar-refractivity contribution in [3.8, 4) is 0 Å². The number of rotatable bonds is 5. The molecule has 0 saturated heterocycles. The van der Waals surface area contributed by atoms with Gasteiger partial charge in [0.05, 0.1) is 6.26 Å². The van der Waals surface area contributed by atoms with E-state index in [0.717, 1.165) is 0 Å². The first kappa shape index (κ1) is 15.6. The summed E-state index contributed by atoms with van der Waals surface area (Å²) in [5, 5.41) is 14.1. The molecule has 116 valence electrons. The lowest BCUT2D eigenvalue weighted by Crippen LogP contribution is -2.52. The van der Waals surface area contributed by atoms with Gasteiger partial charge in [-0.25, -0.2) is 14.0 Å². The molecule has 2 rings (SSSR count). The molecular formula is C15H15FN2O4. The van der Waals surface area contributed by atoms with Gasteiger partial charge in [-0.05, 0) is 25.1 Å². The predicted octanol–water partition coefficient (Wildman–Crippen LogP) is 2.22. The van der Waals surface area contributed by atoms with Gasteiger partial charge in [0.2, 0.25) is 0 Å². The predicted molar refractivity (Wildman–Crippen MR) is 75.5 cm³/mol. The van der Waals surface area contributed by atoms with Crippen LogP contribution in [-0.2, 0) is 16.9 Å². The standard InChI is InChI=1S/C15H15FN2O4/c1-15(13(19)20,12-7-4-8-22-12)18-14(21)17-9-10-5-2-3-6-11(10)16/h2-8H,9H2,1H3,(H,19,20)(H2,17,18,21)/t15-/m1/s1. The molecule has 0 aliphatic rings. The Labute approximate surface area is 125 Å². The molecule has 3 N–H and O–H groups in total. The zero-order chi connectivity index (χ0) is 16.2. The molecular weight excluding hydrogens is 291 g/mol. The fourth-order valence-electron chi connectivity index (χ4n) is 1.87. The highest BCUT2D eigenvalue weighted by Crippen LogP contribution is 2.21. The number of aliphatic carboxylic acids is 1. The van der Waals surface area contributed by atoms with E-state index >= 15 is 0 Å². The van der Waals surface area contributed by atoms with Crippen molar-refractivity contribution in [3.05, 3.63) is 59.8 Å². The second-order valence-corrected chi connectivity index (χ2v) is 4.81. The van der Waals surface area contributed by atoms with Gasteiger partial charge in [0.25, 0.3) is 0 Å². The number of furan rings is 1. The minimum atomic E-state index is -1.72. The molecule has 2 amide bonds. The van der Waals surface area contributed by atoms with E-state index in [1.807, 2.05) is 0 Å². The fourth-order valence-corrected chi connectivity index (χ4v) is 1.87. The zero-order valence-corrected chi connectivity index (χ0v) is 11.8. The maximum absolute atomic E-state index is 13.4. The normalized spacial score (nSPS) is 13.2. The first-order chi connectivity index (χ1) is 10.4. The number of carboxylic acid groups (broad SMARTS) is 1. The zero-order valence-electron chi connectivity index (χ0n) is 11.8. The molecule has 22 heavy (non-hydrogen) atoms. The molecule has 1 aromatic heterocycles. The number of carbonyl (C=O) groups is 2. The van der Waals surface area contributed by atoms with Crippen LogP contribution >= 0.6 is 0 Å². The molecule has 0 aliphatic carbocycles. The summed E-state index contributed by atoms with van der Waals surface area (Å²) < 4.78 is 18.5. The first-order valence-electron chi connectivity index (χ1n) is 6.50. The van der Waals surface area contributed by atoms with Crippen molar-refractivity contribution in [1.29, 1.82) is 0 Å². The number of amides is 2. The van der Waals surface area contributed by atoms with E-state index in [1.54, 1.807) is 6.07 Å². The van der Waals surface area contributed by atoms with Crippen LogP contribution in [0.3, 0.4) is 0 Å². The molecule has 0 radical (unpaired) electrons. The Morgan fingerprint density at radius 3 is 2.59 bits per heavy atom. The third-order valence-corrected chi connectivity index (χ3v) is 3.20. The number of halogens is 1. The van der Waals surface area contributed by atoms with Crippen molar-refractivity contribution in [1.82, 2.24) is 10.6 Å². The van der Waals surface area contributed by atoms with Gasteiger partial charge in [-0.2, -0.15) is 0 Å². The summed E-state index contributed by atoms with van der Waals surface area (Å²) in [4.78, 5) is 23.3. The Morgan fingerprint density at radius 1 is 1.27 bits per heavy atom. The Bertz CT molecular complexity index is 672. The summed E-state index contributed by atoms with van der Waals surface area (Å²) in [5.41, 5.74) is -1.42. The number of nitrogens with one attached hydrogen (secondary N) is 2. The molecule has 1 atom stereocenters. The molecule has 0 unspecified atom stereocenters. The van der Waals surface area contributed by atoms with Gasteiger partial charge in [0.1, 0.15) is 11.6 Å². The van der Waals surface area contributed by atoms with Gasteiger partial charge in [-0.15, -0.1) is 0 Å². The number of hydrogen-bond donors (Lipinski definition) is 3. The van der Waals surface area contributed by atoms with Gasteiger partial charge in [-0.1, -0.05) is 18.2 Å². The molecule has 0 saturated carbocycles. The molecule has 7 heteroatoms. The van der Waals surface area contributed by atoms with E-state index in [1.165, 1.54) is 43.5 Å². The summed E-state index contributed by atoms with van der Waals surface area (Å²) in [7, 11) is 0. The topological polar surface area (TPSA) is 91.6 Å². The lowest BCUT2D eigenvalue weighted by atomic mass is 9.99. The second kappa shape index (κ2) is 6.30. The number of carbonyl (C=O) groups excluding carboxylic acids is 1. The molecule has 0 spiro atoms. The molecule has 6 nitrogen and oxygen atoms in total. The van der Waals surface area contributed by atoms with Crippen LogP contribution in [0.25, 0.3) is 0 Å². The number of hydrogen-bond acceptors (Lipinski definition) is 3. The van der Waals surface area contributed by atoms with Crippen LogP contribution < -0.4 is 10.6 Å². The fraction of sp³-hybridized carbons (Fsp3) is 0.200. The van der Waals surface area contributed by atoms with Crippen molar-refractivity contribution in [2.75, 3.05) is 0 Å². The Morgan fingerprint density at radius 2 is 2.00 bits per heavy atom. The maximum atomic E-state index is 13.4. The van der Waals surface area contributed by atoms with Crippen LogP contribution in [-0.4, -0.2) is 17.1 Å². The highest BCUT2D eigenvalue weighted by Gasteiger charge is 2.39. The SMILES string of the molecule is C[C@](NC(=O)NCc1ccccc1F)(C(=O)O)c1ccco1. The quantitative estimate of drug-likeness (QED) is 0.790. The van der Waals surface area contributed by atoms with Crippen molar-refractivity contribution < 1.29 is 23.5 Å². The van der Waals surface area contributed by atoms with Gasteiger partial charge in [-0.3, -0.25) is 0 Å². The van der Waals surface area contributed by atoms with E-state index in [-0.39, 0.29) is 12.3 Å². The largest absolute Gasteiger partial charge is 0.479 e. The molecule has 2 aromatic rings. The van der Waals surface area contributed by atoms with Gasteiger partial charge < -0.3 is 20.2 Å². The van der Waals surface area contributed by atoms with Gasteiger partial charge in [0.15, 0.2) is 5.54 Å². The number of urea groups is 1. The van der Waals surface area contributed by atoms with Crippen molar-refractivity contribution in [2.45, 2.75) is 19.0 Å². The highest BCUT2D eigenvalue weighted by atomic mass is 19.1. The molecule has 0 fully saturated rings. The Kier molecular flexibility index (Phi) is 4.45. The molecule has 0 aliphatic heterocycles. The van der Waals surface area contributed by atoms with E-state index < -0.39 is 23.4 Å². The van der Waals surface area contributed by atoms with Crippen LogP contribution in [0.5, 0.6) is 0 Å². The Hall–Kier alpha value is -2.83. The van der Waals surface area contributed by atoms with Gasteiger partial charge >= 0.3 is 12.0 Å². The number of carboxylic acids is 1. The molecule has 1 heterocycles. The molecule has 0 bridgehead atoms. The second-order valence-electron chi connectivity index (χ2n) is 4.81. The van der Waals surface area contributed by atoms with Gasteiger partial charge in [0, 0.05) is 12.1 Å². The van der Waals surface area contributed by atoms with Crippen LogP contribution in [0.4, 0.5) is 9.18 Å². The Balaban J connectivity index is 2.04. The smallest absolute Gasteiger partial charge is 0.337 e. The van der Waals surface area contributed by atoms with Crippen LogP contribution in [0.2, 0.25) is 0 Å². The lowest BCUT2D eigenvalue weighted by molar-refractivity contribution is -0.144. The van der Waals surface area contributed by atoms with E-state index in [2.05, 4.69) is 10.6 Å². The monoisotopic (exact) mass is 306 g/mol. The summed E-state index contributed by atoms with van der Waals surface area (Å²) in [6, 6.07) is 8.21. The van der Waals surface area contributed by atoms with Crippen LogP contribution in [0, 0.1) is 5.82 Å². The highest BCUT2D eigenvalue weighted by molar-refractivity contribution is 5.86. The minimum Gasteiger partial charge on any atom is -0.479 e. The van der Waals surface area contributed by atoms with Crippen molar-refractivity contribution in [3.63, 3.8) is 0 Å². The summed E-state index contributed by atoms with van der Waals surface area (Å²) in [5.74, 6) is -1.64. The minimum absolute atomic E-state index is 0.0631. The lowest BCUT2D eigenvalue weighted by Gasteiger charge is -2.24. The van der Waals surface area contributed by atoms with E-state index in [9.17, 15) is 19.1 Å². The maximum Gasteiger partial charge on any atom is 0.337 e. The van der Waals surface area contributed by atoms with E-state index in [4.69, 9.17) is 4.42 Å². The summed E-state index contributed by atoms with van der Waals surface area (Å²) in [6.45, 7) is 1.24. The van der Waals surface area contributed by atoms with Crippen LogP contribution in [0.15, 0.2) is 47.1 Å². The van der Waals surface area contributed by atoms with Crippen molar-refractivity contribution in [2.24, 2.45) is 0 Å². The third kappa shape index (κ3) is 3.25. The van der Waals surface area contributed by atoms with Crippen molar-refractivity contribution >= 4 is 12.0 Å². The molecule has 1 aromatic carbocycles.